The molecule has 11 rings (SSSR count). The molecule has 264 valence electrons. The third-order valence-electron chi connectivity index (χ3n) is 12.1. The first-order valence-electron chi connectivity index (χ1n) is 19.4. The van der Waals surface area contributed by atoms with Crippen LogP contribution in [0.3, 0.4) is 0 Å². The lowest BCUT2D eigenvalue weighted by Crippen LogP contribution is -2.22. The van der Waals surface area contributed by atoms with E-state index in [4.69, 9.17) is 0 Å². The van der Waals surface area contributed by atoms with Gasteiger partial charge in [-0.1, -0.05) is 146 Å². The monoisotopic (exact) mass is 714 g/mol. The van der Waals surface area contributed by atoms with E-state index >= 15 is 0 Å². The summed E-state index contributed by atoms with van der Waals surface area (Å²) in [6.07, 6.45) is 0. The molecular formula is C54H38N2. The summed E-state index contributed by atoms with van der Waals surface area (Å²) in [6.45, 7) is 2.40. The number of nitrogens with zero attached hydrogens (tertiary/aromatic N) is 2. The van der Waals surface area contributed by atoms with E-state index in [0.29, 0.717) is 0 Å². The van der Waals surface area contributed by atoms with Crippen LogP contribution in [0.4, 0.5) is 17.1 Å². The van der Waals surface area contributed by atoms with E-state index in [-0.39, 0.29) is 5.41 Å². The van der Waals surface area contributed by atoms with Gasteiger partial charge in [-0.2, -0.15) is 0 Å². The maximum Gasteiger partial charge on any atom is 0.0541 e. The SMILES string of the molecule is CC1(c2ccc3c(c2)c2cc(-c4ccc(N(c5ccccc5)c5cccc6ccccc56)cc4)ccc2n3-c2ccccc2)c2ccccc2-c2ccccc21. The Balaban J connectivity index is 1.07. The van der Waals surface area contributed by atoms with Gasteiger partial charge in [0.2, 0.25) is 0 Å². The van der Waals surface area contributed by atoms with Crippen molar-refractivity contribution in [1.29, 1.82) is 0 Å². The van der Waals surface area contributed by atoms with Gasteiger partial charge in [0.05, 0.1) is 16.7 Å². The van der Waals surface area contributed by atoms with Gasteiger partial charge in [-0.05, 0) is 118 Å². The Morgan fingerprint density at radius 2 is 0.964 bits per heavy atom. The summed E-state index contributed by atoms with van der Waals surface area (Å²) in [6, 6.07) is 77.7. The second-order valence-electron chi connectivity index (χ2n) is 15.1. The minimum absolute atomic E-state index is 0.273. The molecule has 0 spiro atoms. The molecular weight excluding hydrogens is 677 g/mol. The molecule has 1 aromatic heterocycles. The topological polar surface area (TPSA) is 8.17 Å². The fraction of sp³-hybridized carbons (Fsp3) is 0.0370. The molecule has 0 N–H and O–H groups in total. The van der Waals surface area contributed by atoms with Crippen molar-refractivity contribution < 1.29 is 0 Å². The van der Waals surface area contributed by atoms with Crippen LogP contribution in [0.1, 0.15) is 23.6 Å². The molecule has 2 heteroatoms. The van der Waals surface area contributed by atoms with Crippen molar-refractivity contribution >= 4 is 49.6 Å². The Bertz CT molecular complexity index is 3030. The molecule has 0 bridgehead atoms. The zero-order valence-electron chi connectivity index (χ0n) is 31.1. The summed E-state index contributed by atoms with van der Waals surface area (Å²) in [5, 5.41) is 4.95. The Kier molecular flexibility index (Phi) is 7.33. The van der Waals surface area contributed by atoms with Gasteiger partial charge in [-0.25, -0.2) is 0 Å². The van der Waals surface area contributed by atoms with Gasteiger partial charge >= 0.3 is 0 Å². The summed E-state index contributed by atoms with van der Waals surface area (Å²) >= 11 is 0. The van der Waals surface area contributed by atoms with Gasteiger partial charge < -0.3 is 9.47 Å². The minimum atomic E-state index is -0.273. The third-order valence-corrected chi connectivity index (χ3v) is 12.1. The predicted molar refractivity (Wildman–Crippen MR) is 236 cm³/mol. The highest BCUT2D eigenvalue weighted by Gasteiger charge is 2.40. The van der Waals surface area contributed by atoms with Crippen LogP contribution < -0.4 is 4.90 Å². The molecule has 0 amide bonds. The highest BCUT2D eigenvalue weighted by molar-refractivity contribution is 6.11. The number of benzene rings is 9. The Hall–Kier alpha value is -7.16. The minimum Gasteiger partial charge on any atom is -0.310 e. The van der Waals surface area contributed by atoms with E-state index in [1.165, 1.54) is 71.5 Å². The van der Waals surface area contributed by atoms with Gasteiger partial charge in [0, 0.05) is 38.6 Å². The maximum absolute atomic E-state index is 2.46. The largest absolute Gasteiger partial charge is 0.310 e. The number of hydrogen-bond acceptors (Lipinski definition) is 1. The molecule has 2 nitrogen and oxygen atoms in total. The summed E-state index contributed by atoms with van der Waals surface area (Å²) < 4.78 is 2.42. The van der Waals surface area contributed by atoms with Gasteiger partial charge in [-0.15, -0.1) is 0 Å². The van der Waals surface area contributed by atoms with E-state index < -0.39 is 0 Å². The molecule has 1 heterocycles. The van der Waals surface area contributed by atoms with Gasteiger partial charge in [0.1, 0.15) is 0 Å². The molecule has 0 aliphatic heterocycles. The van der Waals surface area contributed by atoms with Crippen LogP contribution >= 0.6 is 0 Å². The molecule has 0 saturated heterocycles. The number of fused-ring (bicyclic) bond motifs is 7. The second kappa shape index (κ2) is 12.7. The summed E-state index contributed by atoms with van der Waals surface area (Å²) in [5.41, 5.74) is 15.8. The molecule has 0 fully saturated rings. The zero-order chi connectivity index (χ0) is 37.2. The quantitative estimate of drug-likeness (QED) is 0.166. The van der Waals surface area contributed by atoms with Crippen LogP contribution in [0.2, 0.25) is 0 Å². The number of aromatic nitrogens is 1. The summed E-state index contributed by atoms with van der Waals surface area (Å²) in [7, 11) is 0. The van der Waals surface area contributed by atoms with Crippen LogP contribution in [0, 0.1) is 0 Å². The molecule has 0 saturated carbocycles. The fourth-order valence-corrected chi connectivity index (χ4v) is 9.34. The first-order valence-corrected chi connectivity index (χ1v) is 19.4. The van der Waals surface area contributed by atoms with E-state index in [1.807, 2.05) is 0 Å². The highest BCUT2D eigenvalue weighted by Crippen LogP contribution is 2.53. The lowest BCUT2D eigenvalue weighted by atomic mass is 9.74. The van der Waals surface area contributed by atoms with E-state index in [1.54, 1.807) is 0 Å². The van der Waals surface area contributed by atoms with Crippen LogP contribution in [0.15, 0.2) is 212 Å². The number of para-hydroxylation sites is 2. The van der Waals surface area contributed by atoms with Crippen molar-refractivity contribution in [2.24, 2.45) is 0 Å². The van der Waals surface area contributed by atoms with Gasteiger partial charge in [0.25, 0.3) is 0 Å². The Morgan fingerprint density at radius 3 is 1.70 bits per heavy atom. The van der Waals surface area contributed by atoms with Crippen LogP contribution in [0.5, 0.6) is 0 Å². The van der Waals surface area contributed by atoms with E-state index in [0.717, 1.165) is 22.7 Å². The Morgan fingerprint density at radius 1 is 0.411 bits per heavy atom. The van der Waals surface area contributed by atoms with Crippen molar-refractivity contribution in [2.75, 3.05) is 4.90 Å². The first-order chi connectivity index (χ1) is 27.7. The molecule has 1 aliphatic carbocycles. The van der Waals surface area contributed by atoms with Crippen LogP contribution in [0.25, 0.3) is 60.5 Å². The molecule has 56 heavy (non-hydrogen) atoms. The number of rotatable bonds is 6. The zero-order valence-corrected chi connectivity index (χ0v) is 31.1. The van der Waals surface area contributed by atoms with E-state index in [9.17, 15) is 0 Å². The standard InChI is InChI=1S/C54H38N2/c1-54(49-24-12-10-22-45(49)46-23-11-13-25-50(46)54)40-30-34-53-48(36-40)47-35-39(29-33-52(47)56(53)42-19-6-3-7-20-42)37-27-31-43(32-28-37)55(41-17-4-2-5-18-41)51-26-14-16-38-15-8-9-21-44(38)51/h2-36H,1H3. The molecule has 9 aromatic carbocycles. The summed E-state index contributed by atoms with van der Waals surface area (Å²) in [5.74, 6) is 0. The predicted octanol–water partition coefficient (Wildman–Crippen LogP) is 14.4. The van der Waals surface area contributed by atoms with Gasteiger partial charge in [-0.3, -0.25) is 0 Å². The maximum atomic E-state index is 2.46. The normalized spacial score (nSPS) is 12.9. The van der Waals surface area contributed by atoms with Crippen molar-refractivity contribution in [3.8, 4) is 27.9 Å². The van der Waals surface area contributed by atoms with Crippen molar-refractivity contribution in [3.05, 3.63) is 229 Å². The molecule has 10 aromatic rings. The number of anilines is 3. The van der Waals surface area contributed by atoms with Crippen LogP contribution in [-0.4, -0.2) is 4.57 Å². The highest BCUT2D eigenvalue weighted by atomic mass is 15.1. The molecule has 0 atom stereocenters. The molecule has 0 unspecified atom stereocenters. The average molecular weight is 715 g/mol. The third kappa shape index (κ3) is 4.89. The van der Waals surface area contributed by atoms with Crippen molar-refractivity contribution in [3.63, 3.8) is 0 Å². The molecule has 1 aliphatic rings. The van der Waals surface area contributed by atoms with Crippen LogP contribution in [-0.2, 0) is 5.41 Å². The smallest absolute Gasteiger partial charge is 0.0541 e. The fourth-order valence-electron chi connectivity index (χ4n) is 9.34. The Labute approximate surface area is 327 Å². The van der Waals surface area contributed by atoms with Crippen molar-refractivity contribution in [2.45, 2.75) is 12.3 Å². The second-order valence-corrected chi connectivity index (χ2v) is 15.1. The average Bonchev–Trinajstić information content (AvgIpc) is 3.74. The summed E-state index contributed by atoms with van der Waals surface area (Å²) in [4.78, 5) is 2.37. The lowest BCUT2D eigenvalue weighted by Gasteiger charge is -2.28. The lowest BCUT2D eigenvalue weighted by molar-refractivity contribution is 0.715. The van der Waals surface area contributed by atoms with Gasteiger partial charge in [0.15, 0.2) is 0 Å². The first kappa shape index (κ1) is 32.3. The van der Waals surface area contributed by atoms with E-state index in [2.05, 4.69) is 229 Å². The van der Waals surface area contributed by atoms with Crippen molar-refractivity contribution in [1.82, 2.24) is 4.57 Å². The number of hydrogen-bond donors (Lipinski definition) is 0. The molecule has 0 radical (unpaired) electrons.